The Bertz CT molecular complexity index is 1030. The van der Waals surface area contributed by atoms with Crippen molar-refractivity contribution in [1.82, 2.24) is 9.78 Å². The van der Waals surface area contributed by atoms with E-state index >= 15 is 0 Å². The molecule has 2 heterocycles. The Morgan fingerprint density at radius 2 is 1.71 bits per heavy atom. The molecular formula is C17H12Cl5N3O3. The molecule has 148 valence electrons. The van der Waals surface area contributed by atoms with Crippen LogP contribution in [-0.4, -0.2) is 15.7 Å². The van der Waals surface area contributed by atoms with Gasteiger partial charge in [0.1, 0.15) is 22.4 Å². The van der Waals surface area contributed by atoms with Crippen LogP contribution in [0, 0.1) is 6.92 Å². The molecule has 0 spiro atoms. The van der Waals surface area contributed by atoms with E-state index in [1.807, 2.05) is 6.92 Å². The molecule has 0 unspecified atom stereocenters. The smallest absolute Gasteiger partial charge is 0.291 e. The van der Waals surface area contributed by atoms with Crippen LogP contribution in [0.15, 0.2) is 22.7 Å². The topological polar surface area (TPSA) is 69.3 Å². The molecule has 6 nitrogen and oxygen atoms in total. The lowest BCUT2D eigenvalue weighted by molar-refractivity contribution is 0.0992. The molecule has 11 heteroatoms. The molecule has 0 saturated heterocycles. The van der Waals surface area contributed by atoms with E-state index in [9.17, 15) is 4.79 Å². The van der Waals surface area contributed by atoms with Gasteiger partial charge < -0.3 is 14.5 Å². The zero-order valence-corrected chi connectivity index (χ0v) is 18.2. The van der Waals surface area contributed by atoms with Gasteiger partial charge in [-0.3, -0.25) is 9.48 Å². The number of rotatable bonds is 5. The van der Waals surface area contributed by atoms with E-state index in [4.69, 9.17) is 67.2 Å². The lowest BCUT2D eigenvalue weighted by Crippen LogP contribution is -2.11. The van der Waals surface area contributed by atoms with Gasteiger partial charge >= 0.3 is 0 Å². The number of halogens is 5. The van der Waals surface area contributed by atoms with Gasteiger partial charge in [0.05, 0.1) is 32.6 Å². The number of carbonyl (C=O) groups is 1. The molecule has 0 fully saturated rings. The highest BCUT2D eigenvalue weighted by molar-refractivity contribution is 6.55. The summed E-state index contributed by atoms with van der Waals surface area (Å²) in [5, 5.41) is 6.93. The number of aryl methyl sites for hydroxylation is 1. The van der Waals surface area contributed by atoms with E-state index in [1.165, 1.54) is 6.07 Å². The molecule has 0 saturated carbocycles. The van der Waals surface area contributed by atoms with E-state index < -0.39 is 5.91 Å². The van der Waals surface area contributed by atoms with E-state index in [0.29, 0.717) is 11.4 Å². The van der Waals surface area contributed by atoms with Crippen molar-refractivity contribution in [2.75, 3.05) is 5.32 Å². The van der Waals surface area contributed by atoms with Crippen molar-refractivity contribution in [2.24, 2.45) is 7.05 Å². The normalized spacial score (nSPS) is 11.0. The first-order valence-corrected chi connectivity index (χ1v) is 9.62. The molecule has 1 aromatic carbocycles. The standard InChI is InChI=1S/C17H12Cl5N3O3/c1-7-9(5-23-25(7)2)24-17(26)10-4-3-8(28-10)6-27-16-14(21)12(19)11(18)13(20)15(16)22/h3-5H,6H2,1-2H3,(H,24,26). The van der Waals surface area contributed by atoms with Crippen LogP contribution in [0.3, 0.4) is 0 Å². The van der Waals surface area contributed by atoms with Crippen LogP contribution in [0.25, 0.3) is 0 Å². The molecule has 1 amide bonds. The average molecular weight is 484 g/mol. The second-order valence-electron chi connectivity index (χ2n) is 5.68. The van der Waals surface area contributed by atoms with Gasteiger partial charge in [-0.25, -0.2) is 0 Å². The maximum atomic E-state index is 12.3. The first-order chi connectivity index (χ1) is 13.2. The summed E-state index contributed by atoms with van der Waals surface area (Å²) in [5.41, 5.74) is 1.40. The van der Waals surface area contributed by atoms with Gasteiger partial charge in [-0.2, -0.15) is 5.10 Å². The number of amides is 1. The van der Waals surface area contributed by atoms with E-state index in [1.54, 1.807) is 24.0 Å². The van der Waals surface area contributed by atoms with Gasteiger partial charge in [-0.05, 0) is 19.1 Å². The third-order valence-corrected chi connectivity index (χ3v) is 6.14. The minimum absolute atomic E-state index is 0.0256. The first kappa shape index (κ1) is 21.1. The number of nitrogens with zero attached hydrogens (tertiary/aromatic N) is 2. The van der Waals surface area contributed by atoms with Gasteiger partial charge in [0.15, 0.2) is 11.5 Å². The van der Waals surface area contributed by atoms with Crippen LogP contribution >= 0.6 is 58.0 Å². The third-order valence-electron chi connectivity index (χ3n) is 3.90. The Morgan fingerprint density at radius 3 is 2.29 bits per heavy atom. The van der Waals surface area contributed by atoms with E-state index in [2.05, 4.69) is 10.4 Å². The van der Waals surface area contributed by atoms with Gasteiger partial charge in [-0.1, -0.05) is 58.0 Å². The predicted molar refractivity (Wildman–Crippen MR) is 110 cm³/mol. The fourth-order valence-corrected chi connectivity index (χ4v) is 3.47. The Labute approximate surface area is 185 Å². The second-order valence-corrected chi connectivity index (χ2v) is 7.56. The Balaban J connectivity index is 1.72. The van der Waals surface area contributed by atoms with Gasteiger partial charge in [-0.15, -0.1) is 0 Å². The monoisotopic (exact) mass is 481 g/mol. The van der Waals surface area contributed by atoms with Gasteiger partial charge in [0.2, 0.25) is 0 Å². The van der Waals surface area contributed by atoms with Crippen LogP contribution in [0.1, 0.15) is 22.0 Å². The maximum Gasteiger partial charge on any atom is 0.291 e. The number of aromatic nitrogens is 2. The molecule has 0 radical (unpaired) electrons. The minimum atomic E-state index is -0.420. The van der Waals surface area contributed by atoms with Crippen LogP contribution in [-0.2, 0) is 13.7 Å². The number of hydrogen-bond donors (Lipinski definition) is 1. The average Bonchev–Trinajstić information content (AvgIpc) is 3.27. The highest BCUT2D eigenvalue weighted by atomic mass is 35.5. The molecule has 0 aliphatic heterocycles. The quantitative estimate of drug-likeness (QED) is 0.336. The minimum Gasteiger partial charge on any atom is -0.482 e. The van der Waals surface area contributed by atoms with Crippen LogP contribution < -0.4 is 10.1 Å². The second kappa shape index (κ2) is 8.43. The summed E-state index contributed by atoms with van der Waals surface area (Å²) in [5.74, 6) is 0.112. The van der Waals surface area contributed by atoms with Crippen molar-refractivity contribution in [2.45, 2.75) is 13.5 Å². The highest BCUT2D eigenvalue weighted by Crippen LogP contribution is 2.48. The van der Waals surface area contributed by atoms with Gasteiger partial charge in [0.25, 0.3) is 5.91 Å². The fourth-order valence-electron chi connectivity index (χ4n) is 2.24. The van der Waals surface area contributed by atoms with Crippen molar-refractivity contribution in [3.63, 3.8) is 0 Å². The summed E-state index contributed by atoms with van der Waals surface area (Å²) < 4.78 is 12.7. The summed E-state index contributed by atoms with van der Waals surface area (Å²) in [6.45, 7) is 1.77. The summed E-state index contributed by atoms with van der Waals surface area (Å²) in [6, 6.07) is 3.11. The van der Waals surface area contributed by atoms with Crippen molar-refractivity contribution in [1.29, 1.82) is 0 Å². The number of hydrogen-bond acceptors (Lipinski definition) is 4. The number of ether oxygens (including phenoxy) is 1. The Morgan fingerprint density at radius 1 is 1.11 bits per heavy atom. The molecule has 28 heavy (non-hydrogen) atoms. The lowest BCUT2D eigenvalue weighted by Gasteiger charge is -2.12. The summed E-state index contributed by atoms with van der Waals surface area (Å²) >= 11 is 30.2. The summed E-state index contributed by atoms with van der Waals surface area (Å²) in [4.78, 5) is 12.3. The summed E-state index contributed by atoms with van der Waals surface area (Å²) in [7, 11) is 1.78. The molecule has 3 rings (SSSR count). The molecule has 1 N–H and O–H groups in total. The maximum absolute atomic E-state index is 12.3. The third kappa shape index (κ3) is 4.07. The SMILES string of the molecule is Cc1c(NC(=O)c2ccc(COc3c(Cl)c(Cl)c(Cl)c(Cl)c3Cl)o2)cnn1C. The molecule has 0 atom stereocenters. The van der Waals surface area contributed by atoms with Crippen molar-refractivity contribution >= 4 is 69.6 Å². The lowest BCUT2D eigenvalue weighted by atomic mass is 10.3. The number of nitrogens with one attached hydrogen (secondary N) is 1. The fraction of sp³-hybridized carbons (Fsp3) is 0.176. The largest absolute Gasteiger partial charge is 0.482 e. The number of carbonyl (C=O) groups excluding carboxylic acids is 1. The highest BCUT2D eigenvalue weighted by Gasteiger charge is 2.21. The first-order valence-electron chi connectivity index (χ1n) is 7.73. The number of anilines is 1. The summed E-state index contributed by atoms with van der Waals surface area (Å²) in [6.07, 6.45) is 1.55. The van der Waals surface area contributed by atoms with Crippen molar-refractivity contribution in [3.05, 3.63) is 60.7 Å². The van der Waals surface area contributed by atoms with Crippen LogP contribution in [0.5, 0.6) is 5.75 Å². The van der Waals surface area contributed by atoms with E-state index in [0.717, 1.165) is 5.69 Å². The zero-order valence-electron chi connectivity index (χ0n) is 14.4. The molecular weight excluding hydrogens is 471 g/mol. The van der Waals surface area contributed by atoms with Crippen molar-refractivity contribution < 1.29 is 13.9 Å². The Kier molecular flexibility index (Phi) is 6.37. The van der Waals surface area contributed by atoms with Crippen molar-refractivity contribution in [3.8, 4) is 5.75 Å². The number of furan rings is 1. The molecule has 0 bridgehead atoms. The zero-order chi connectivity index (χ0) is 20.6. The van der Waals surface area contributed by atoms with Gasteiger partial charge in [0, 0.05) is 7.05 Å². The van der Waals surface area contributed by atoms with Crippen LogP contribution in [0.2, 0.25) is 25.1 Å². The Hall–Kier alpha value is -1.57. The molecule has 0 aliphatic rings. The van der Waals surface area contributed by atoms with Crippen LogP contribution in [0.4, 0.5) is 5.69 Å². The molecule has 0 aliphatic carbocycles. The molecule has 2 aromatic heterocycles. The van der Waals surface area contributed by atoms with E-state index in [-0.39, 0.29) is 43.2 Å². The molecule has 3 aromatic rings. The number of benzene rings is 1. The predicted octanol–water partition coefficient (Wildman–Crippen LogP) is 6.42.